The number of carbonyl (C=O) groups is 3. The fourth-order valence-corrected chi connectivity index (χ4v) is 2.40. The number of amides is 2. The zero-order chi connectivity index (χ0) is 21.4. The van der Waals surface area contributed by atoms with Crippen molar-refractivity contribution in [1.82, 2.24) is 15.5 Å². The molecule has 0 unspecified atom stereocenters. The predicted molar refractivity (Wildman–Crippen MR) is 95.9 cm³/mol. The Hall–Kier alpha value is -3.11. The van der Waals surface area contributed by atoms with E-state index in [1.165, 1.54) is 6.20 Å². The number of oxazole rings is 1. The summed E-state index contributed by atoms with van der Waals surface area (Å²) in [6.45, 7) is 1.86. The van der Waals surface area contributed by atoms with Crippen LogP contribution in [0.5, 0.6) is 0 Å². The number of aryl methyl sites for hydroxylation is 1. The first-order valence-electron chi connectivity index (χ1n) is 9.02. The highest BCUT2D eigenvalue weighted by Gasteiger charge is 2.29. The molecular formula is C18H22F2N4O5. The molecule has 11 heteroatoms. The highest BCUT2D eigenvalue weighted by Crippen LogP contribution is 2.26. The summed E-state index contributed by atoms with van der Waals surface area (Å²) in [5, 5.41) is 6.24. The second-order valence-electron chi connectivity index (χ2n) is 6.55. The maximum Gasteiger partial charge on any atom is 0.263 e. The lowest BCUT2D eigenvalue weighted by Gasteiger charge is -2.15. The van der Waals surface area contributed by atoms with E-state index in [0.717, 1.165) is 0 Å². The number of hydrogen-bond acceptors (Lipinski definition) is 7. The summed E-state index contributed by atoms with van der Waals surface area (Å²) in [6, 6.07) is 1.64. The molecule has 0 saturated carbocycles. The Morgan fingerprint density at radius 3 is 2.59 bits per heavy atom. The molecule has 9 nitrogen and oxygen atoms in total. The molecule has 0 aliphatic carbocycles. The molecule has 0 aromatic carbocycles. The molecule has 3 N–H and O–H groups in total. The normalized spacial score (nSPS) is 11.4. The van der Waals surface area contributed by atoms with E-state index in [2.05, 4.69) is 15.5 Å². The lowest BCUT2D eigenvalue weighted by atomic mass is 10.1. The minimum Gasteiger partial charge on any atom is -0.432 e. The smallest absolute Gasteiger partial charge is 0.263 e. The Labute approximate surface area is 165 Å². The topological polar surface area (TPSA) is 141 Å². The van der Waals surface area contributed by atoms with Crippen LogP contribution in [-0.2, 0) is 9.59 Å². The van der Waals surface area contributed by atoms with Crippen LogP contribution in [0.25, 0.3) is 11.5 Å². The second kappa shape index (κ2) is 9.89. The van der Waals surface area contributed by atoms with Crippen molar-refractivity contribution < 1.29 is 32.1 Å². The van der Waals surface area contributed by atoms with Gasteiger partial charge in [-0.3, -0.25) is 14.4 Å². The van der Waals surface area contributed by atoms with Gasteiger partial charge in [0, 0.05) is 44.7 Å². The summed E-state index contributed by atoms with van der Waals surface area (Å²) < 4.78 is 37.3. The van der Waals surface area contributed by atoms with Gasteiger partial charge in [0.1, 0.15) is 5.76 Å². The summed E-state index contributed by atoms with van der Waals surface area (Å²) in [5.41, 5.74) is 5.26. The van der Waals surface area contributed by atoms with Crippen LogP contribution in [0.1, 0.15) is 55.0 Å². The average Bonchev–Trinajstić information content (AvgIpc) is 3.31. The molecule has 0 fully saturated rings. The number of aromatic nitrogens is 2. The standard InChI is InChI=1S/C18H22F2N4O5/c1-11-9-12(24-29-11)14-10-23-17(28-14)13(25)3-2-8-22-16(27)5-7-18(19,20)6-4-15(21)26/h9-10H,2-8H2,1H3,(H2,21,26)(H,22,27). The molecule has 0 aliphatic heterocycles. The van der Waals surface area contributed by atoms with Crippen molar-refractivity contribution in [1.29, 1.82) is 0 Å². The molecule has 0 radical (unpaired) electrons. The third-order valence-electron chi connectivity index (χ3n) is 3.98. The first-order valence-corrected chi connectivity index (χ1v) is 9.02. The first-order chi connectivity index (χ1) is 13.7. The molecule has 2 amide bonds. The van der Waals surface area contributed by atoms with Crippen molar-refractivity contribution in [3.63, 3.8) is 0 Å². The molecule has 2 rings (SSSR count). The molecule has 158 valence electrons. The van der Waals surface area contributed by atoms with Crippen LogP contribution in [-0.4, -0.2) is 40.2 Å². The van der Waals surface area contributed by atoms with Crippen LogP contribution >= 0.6 is 0 Å². The number of carbonyl (C=O) groups excluding carboxylic acids is 3. The van der Waals surface area contributed by atoms with Gasteiger partial charge < -0.3 is 20.0 Å². The van der Waals surface area contributed by atoms with E-state index in [1.807, 2.05) is 0 Å². The number of alkyl halides is 2. The number of rotatable bonds is 12. The van der Waals surface area contributed by atoms with Gasteiger partial charge in [-0.2, -0.15) is 0 Å². The van der Waals surface area contributed by atoms with Gasteiger partial charge in [0.2, 0.25) is 23.5 Å². The molecule has 2 aromatic rings. The van der Waals surface area contributed by atoms with Gasteiger partial charge in [0.15, 0.2) is 11.5 Å². The van der Waals surface area contributed by atoms with E-state index in [9.17, 15) is 23.2 Å². The van der Waals surface area contributed by atoms with Gasteiger partial charge >= 0.3 is 0 Å². The lowest BCUT2D eigenvalue weighted by molar-refractivity contribution is -0.124. The lowest BCUT2D eigenvalue weighted by Crippen LogP contribution is -2.28. The fraction of sp³-hybridized carbons (Fsp3) is 0.500. The van der Waals surface area contributed by atoms with Gasteiger partial charge in [-0.1, -0.05) is 5.16 Å². The highest BCUT2D eigenvalue weighted by atomic mass is 19.3. The van der Waals surface area contributed by atoms with Crippen molar-refractivity contribution in [2.75, 3.05) is 6.54 Å². The van der Waals surface area contributed by atoms with E-state index in [1.54, 1.807) is 13.0 Å². The minimum atomic E-state index is -3.13. The van der Waals surface area contributed by atoms with Crippen LogP contribution in [0.15, 0.2) is 21.2 Å². The summed E-state index contributed by atoms with van der Waals surface area (Å²) in [7, 11) is 0. The van der Waals surface area contributed by atoms with Crippen LogP contribution in [0, 0.1) is 6.92 Å². The molecule has 0 spiro atoms. The Kier molecular flexibility index (Phi) is 7.57. The molecule has 0 atom stereocenters. The molecule has 0 saturated heterocycles. The van der Waals surface area contributed by atoms with Gasteiger partial charge in [0.25, 0.3) is 5.89 Å². The number of nitrogens with zero attached hydrogens (tertiary/aromatic N) is 2. The van der Waals surface area contributed by atoms with Crippen molar-refractivity contribution in [3.05, 3.63) is 23.9 Å². The molecule has 29 heavy (non-hydrogen) atoms. The molecule has 0 aliphatic rings. The molecule has 2 aromatic heterocycles. The van der Waals surface area contributed by atoms with E-state index in [-0.39, 0.29) is 31.1 Å². The quantitative estimate of drug-likeness (QED) is 0.403. The van der Waals surface area contributed by atoms with E-state index in [4.69, 9.17) is 14.7 Å². The zero-order valence-corrected chi connectivity index (χ0v) is 15.9. The number of primary amides is 1. The number of ketones is 1. The fourth-order valence-electron chi connectivity index (χ4n) is 2.40. The summed E-state index contributed by atoms with van der Waals surface area (Å²) in [5.74, 6) is -4.05. The zero-order valence-electron chi connectivity index (χ0n) is 15.9. The van der Waals surface area contributed by atoms with E-state index in [0.29, 0.717) is 23.6 Å². The number of hydrogen-bond donors (Lipinski definition) is 2. The van der Waals surface area contributed by atoms with Crippen LogP contribution in [0.3, 0.4) is 0 Å². The largest absolute Gasteiger partial charge is 0.432 e. The second-order valence-corrected chi connectivity index (χ2v) is 6.55. The number of halogens is 2. The number of nitrogens with two attached hydrogens (primary N) is 1. The van der Waals surface area contributed by atoms with Crippen molar-refractivity contribution >= 4 is 17.6 Å². The molecule has 2 heterocycles. The number of nitrogens with one attached hydrogen (secondary N) is 1. The van der Waals surface area contributed by atoms with E-state index >= 15 is 0 Å². The van der Waals surface area contributed by atoms with Gasteiger partial charge in [-0.15, -0.1) is 0 Å². The Bertz CT molecular complexity index is 862. The number of Topliss-reactive ketones (excluding diaryl/α,β-unsaturated/α-hetero) is 1. The Morgan fingerprint density at radius 2 is 1.93 bits per heavy atom. The third kappa shape index (κ3) is 7.43. The third-order valence-corrected chi connectivity index (χ3v) is 3.98. The monoisotopic (exact) mass is 412 g/mol. The predicted octanol–water partition coefficient (Wildman–Crippen LogP) is 2.40. The Balaban J connectivity index is 1.67. The summed E-state index contributed by atoms with van der Waals surface area (Å²) in [4.78, 5) is 38.2. The van der Waals surface area contributed by atoms with E-state index < -0.39 is 37.0 Å². The summed E-state index contributed by atoms with van der Waals surface area (Å²) >= 11 is 0. The van der Waals surface area contributed by atoms with Crippen LogP contribution in [0.2, 0.25) is 0 Å². The Morgan fingerprint density at radius 1 is 1.21 bits per heavy atom. The highest BCUT2D eigenvalue weighted by molar-refractivity contribution is 5.92. The minimum absolute atomic E-state index is 0.0623. The maximum absolute atomic E-state index is 13.5. The summed E-state index contributed by atoms with van der Waals surface area (Å²) in [6.07, 6.45) is -0.460. The van der Waals surface area contributed by atoms with Crippen molar-refractivity contribution in [2.45, 2.75) is 51.4 Å². The van der Waals surface area contributed by atoms with Gasteiger partial charge in [-0.25, -0.2) is 13.8 Å². The first kappa shape index (κ1) is 22.2. The van der Waals surface area contributed by atoms with Crippen molar-refractivity contribution in [3.8, 4) is 11.5 Å². The SMILES string of the molecule is Cc1cc(-c2cnc(C(=O)CCCNC(=O)CCC(F)(F)CCC(N)=O)o2)no1. The van der Waals surface area contributed by atoms with Crippen LogP contribution in [0.4, 0.5) is 8.78 Å². The maximum atomic E-state index is 13.5. The molecular weight excluding hydrogens is 390 g/mol. The van der Waals surface area contributed by atoms with Gasteiger partial charge in [-0.05, 0) is 13.3 Å². The van der Waals surface area contributed by atoms with Gasteiger partial charge in [0.05, 0.1) is 6.20 Å². The van der Waals surface area contributed by atoms with Crippen molar-refractivity contribution in [2.24, 2.45) is 5.73 Å². The average molecular weight is 412 g/mol. The molecule has 0 bridgehead atoms. The van der Waals surface area contributed by atoms with Crippen LogP contribution < -0.4 is 11.1 Å².